The average Bonchev–Trinajstić information content (AvgIpc) is 1.98. The normalized spacial score (nSPS) is 10.8. The molecule has 58 valence electrons. The van der Waals surface area contributed by atoms with Gasteiger partial charge in [0, 0.05) is 6.20 Å². The summed E-state index contributed by atoms with van der Waals surface area (Å²) >= 11 is 0. The van der Waals surface area contributed by atoms with Gasteiger partial charge >= 0.3 is 0 Å². The highest BCUT2D eigenvalue weighted by atomic mass is 16.3. The molecule has 0 amide bonds. The third-order valence-corrected chi connectivity index (χ3v) is 0.786. The van der Waals surface area contributed by atoms with Crippen LogP contribution in [0.5, 0.6) is 0 Å². The van der Waals surface area contributed by atoms with E-state index >= 15 is 0 Å². The quantitative estimate of drug-likeness (QED) is 0.206. The number of carbonyl (C=O) groups excluding carboxylic acids is 1. The van der Waals surface area contributed by atoms with E-state index in [4.69, 9.17) is 10.8 Å². The molecule has 0 aliphatic carbocycles. The van der Waals surface area contributed by atoms with E-state index in [2.05, 4.69) is 10.6 Å². The first kappa shape index (κ1) is 8.93. The summed E-state index contributed by atoms with van der Waals surface area (Å²) in [5.41, 5.74) is 5.34. The molecule has 0 unspecified atom stereocenters. The summed E-state index contributed by atoms with van der Waals surface area (Å²) in [6.45, 7) is -0.0126. The number of aliphatic hydroxyl groups is 1. The Morgan fingerprint density at radius 1 is 1.70 bits per heavy atom. The lowest BCUT2D eigenvalue weighted by Crippen LogP contribution is -2.22. The predicted molar refractivity (Wildman–Crippen MR) is 36.6 cm³/mol. The standard InChI is InChI=1S/C5H11N3O2/c6-3-7-1-5(2-9)8-4-10/h1-2,7-8,10H,3-4,6H2/b5-1+. The van der Waals surface area contributed by atoms with Crippen LogP contribution >= 0.6 is 0 Å². The molecular weight excluding hydrogens is 134 g/mol. The van der Waals surface area contributed by atoms with Gasteiger partial charge in [0.1, 0.15) is 6.73 Å². The molecule has 0 bridgehead atoms. The fraction of sp³-hybridized carbons (Fsp3) is 0.400. The van der Waals surface area contributed by atoms with Crippen LogP contribution < -0.4 is 16.4 Å². The van der Waals surface area contributed by atoms with Crippen molar-refractivity contribution in [1.82, 2.24) is 10.6 Å². The number of aldehydes is 1. The van der Waals surface area contributed by atoms with Gasteiger partial charge in [-0.05, 0) is 0 Å². The Labute approximate surface area is 58.9 Å². The highest BCUT2D eigenvalue weighted by molar-refractivity contribution is 5.71. The predicted octanol–water partition coefficient (Wildman–Crippen LogP) is -1.93. The van der Waals surface area contributed by atoms with Gasteiger partial charge in [-0.15, -0.1) is 0 Å². The van der Waals surface area contributed by atoms with Gasteiger partial charge in [-0.2, -0.15) is 0 Å². The van der Waals surface area contributed by atoms with E-state index in [1.807, 2.05) is 0 Å². The monoisotopic (exact) mass is 145 g/mol. The summed E-state index contributed by atoms with van der Waals surface area (Å²) in [5.74, 6) is 0. The first-order chi connectivity index (χ1) is 4.85. The number of aliphatic hydroxyl groups excluding tert-OH is 1. The van der Waals surface area contributed by atoms with E-state index in [9.17, 15) is 4.79 Å². The molecule has 5 N–H and O–H groups in total. The molecule has 0 spiro atoms. The number of rotatable bonds is 5. The highest BCUT2D eigenvalue weighted by Crippen LogP contribution is 1.76. The van der Waals surface area contributed by atoms with Crippen LogP contribution in [-0.4, -0.2) is 24.8 Å². The van der Waals surface area contributed by atoms with Crippen LogP contribution in [0.3, 0.4) is 0 Å². The van der Waals surface area contributed by atoms with Crippen molar-refractivity contribution in [2.45, 2.75) is 0 Å². The molecule has 0 heterocycles. The minimum absolute atomic E-state index is 0.254. The Morgan fingerprint density at radius 3 is 2.80 bits per heavy atom. The first-order valence-electron chi connectivity index (χ1n) is 2.78. The molecule has 0 radical (unpaired) electrons. The number of nitrogens with one attached hydrogen (secondary N) is 2. The maximum atomic E-state index is 10.1. The third kappa shape index (κ3) is 3.88. The molecule has 0 aliphatic heterocycles. The molecule has 0 atom stereocenters. The second-order valence-electron chi connectivity index (χ2n) is 1.46. The Balaban J connectivity index is 3.66. The number of hydrogen-bond donors (Lipinski definition) is 4. The average molecular weight is 145 g/mol. The number of allylic oxidation sites excluding steroid dienone is 1. The SMILES string of the molecule is NCN/C=C(\C=O)NCO. The highest BCUT2D eigenvalue weighted by Gasteiger charge is 1.88. The molecule has 0 aromatic heterocycles. The van der Waals surface area contributed by atoms with Crippen LogP contribution in [0.2, 0.25) is 0 Å². The smallest absolute Gasteiger partial charge is 0.167 e. The van der Waals surface area contributed by atoms with Crippen molar-refractivity contribution >= 4 is 6.29 Å². The van der Waals surface area contributed by atoms with E-state index in [1.54, 1.807) is 0 Å². The van der Waals surface area contributed by atoms with Gasteiger partial charge in [0.05, 0.1) is 12.4 Å². The minimum Gasteiger partial charge on any atom is -0.377 e. The van der Waals surface area contributed by atoms with E-state index in [-0.39, 0.29) is 19.1 Å². The zero-order valence-corrected chi connectivity index (χ0v) is 5.50. The van der Waals surface area contributed by atoms with Gasteiger partial charge in [0.2, 0.25) is 0 Å². The molecule has 5 heteroatoms. The zero-order chi connectivity index (χ0) is 7.82. The lowest BCUT2D eigenvalue weighted by molar-refractivity contribution is -0.105. The number of nitrogens with two attached hydrogens (primary N) is 1. The van der Waals surface area contributed by atoms with Crippen molar-refractivity contribution in [2.24, 2.45) is 5.73 Å². The van der Waals surface area contributed by atoms with Gasteiger partial charge in [0.15, 0.2) is 6.29 Å². The maximum Gasteiger partial charge on any atom is 0.167 e. The van der Waals surface area contributed by atoms with Crippen LogP contribution in [0.4, 0.5) is 0 Å². The maximum absolute atomic E-state index is 10.1. The second kappa shape index (κ2) is 6.06. The Hall–Kier alpha value is -1.07. The van der Waals surface area contributed by atoms with Crippen molar-refractivity contribution < 1.29 is 9.90 Å². The topological polar surface area (TPSA) is 87.4 Å². The van der Waals surface area contributed by atoms with E-state index in [0.717, 1.165) is 0 Å². The van der Waals surface area contributed by atoms with Crippen LogP contribution in [0.15, 0.2) is 11.9 Å². The van der Waals surface area contributed by atoms with E-state index in [0.29, 0.717) is 6.29 Å². The van der Waals surface area contributed by atoms with Gasteiger partial charge in [-0.25, -0.2) is 0 Å². The molecule has 5 nitrogen and oxygen atoms in total. The molecule has 0 aliphatic rings. The number of carbonyl (C=O) groups is 1. The van der Waals surface area contributed by atoms with Crippen molar-refractivity contribution in [3.63, 3.8) is 0 Å². The van der Waals surface area contributed by atoms with E-state index < -0.39 is 0 Å². The molecule has 0 aromatic rings. The van der Waals surface area contributed by atoms with Crippen LogP contribution in [-0.2, 0) is 4.79 Å². The molecule has 0 rings (SSSR count). The van der Waals surface area contributed by atoms with Gasteiger partial charge in [0.25, 0.3) is 0 Å². The molecule has 10 heavy (non-hydrogen) atoms. The summed E-state index contributed by atoms with van der Waals surface area (Å²) in [5, 5.41) is 13.3. The summed E-state index contributed by atoms with van der Waals surface area (Å²) in [6.07, 6.45) is 1.97. The lowest BCUT2D eigenvalue weighted by atomic mass is 10.5. The molecular formula is C5H11N3O2. The van der Waals surface area contributed by atoms with Crippen LogP contribution in [0.1, 0.15) is 0 Å². The number of hydrogen-bond acceptors (Lipinski definition) is 5. The van der Waals surface area contributed by atoms with Crippen molar-refractivity contribution in [2.75, 3.05) is 13.4 Å². The van der Waals surface area contributed by atoms with Crippen molar-refractivity contribution in [1.29, 1.82) is 0 Å². The summed E-state index contributed by atoms with van der Waals surface area (Å²) in [6, 6.07) is 0. The third-order valence-electron chi connectivity index (χ3n) is 0.786. The molecule has 0 saturated heterocycles. The van der Waals surface area contributed by atoms with Gasteiger partial charge in [-0.3, -0.25) is 4.79 Å². The summed E-state index contributed by atoms with van der Waals surface area (Å²) in [4.78, 5) is 10.1. The molecule has 0 saturated carbocycles. The van der Waals surface area contributed by atoms with E-state index in [1.165, 1.54) is 6.20 Å². The van der Waals surface area contributed by atoms with Gasteiger partial charge in [-0.1, -0.05) is 0 Å². The lowest BCUT2D eigenvalue weighted by Gasteiger charge is -2.00. The molecule has 0 fully saturated rings. The molecule has 0 aromatic carbocycles. The Morgan fingerprint density at radius 2 is 2.40 bits per heavy atom. The summed E-state index contributed by atoms with van der Waals surface area (Å²) < 4.78 is 0. The van der Waals surface area contributed by atoms with Crippen molar-refractivity contribution in [3.05, 3.63) is 11.9 Å². The van der Waals surface area contributed by atoms with Crippen molar-refractivity contribution in [3.8, 4) is 0 Å². The first-order valence-corrected chi connectivity index (χ1v) is 2.78. The van der Waals surface area contributed by atoms with Crippen LogP contribution in [0.25, 0.3) is 0 Å². The van der Waals surface area contributed by atoms with Crippen LogP contribution in [0, 0.1) is 0 Å². The second-order valence-corrected chi connectivity index (χ2v) is 1.46. The fourth-order valence-corrected chi connectivity index (χ4v) is 0.387. The summed E-state index contributed by atoms with van der Waals surface area (Å²) in [7, 11) is 0. The minimum atomic E-state index is -0.267. The van der Waals surface area contributed by atoms with Gasteiger partial charge < -0.3 is 21.5 Å². The Kier molecular flexibility index (Phi) is 5.41. The fourth-order valence-electron chi connectivity index (χ4n) is 0.387. The Bertz CT molecular complexity index is 124. The largest absolute Gasteiger partial charge is 0.377 e. The zero-order valence-electron chi connectivity index (χ0n) is 5.50.